The largest absolute Gasteiger partial charge is 0.374 e. The third kappa shape index (κ3) is 5.10. The van der Waals surface area contributed by atoms with E-state index in [4.69, 9.17) is 0 Å². The number of nitrogens with zero attached hydrogens (tertiary/aromatic N) is 2. The minimum absolute atomic E-state index is 0.000891. The Labute approximate surface area is 188 Å². The molecule has 0 saturated carbocycles. The SMILES string of the molecule is CN1CCCc2cc(C(CNC(=O)C(=O)Nc3ccccc3F)N3CCCCC3)ccc21. The number of anilines is 2. The normalized spacial score (nSPS) is 17.4. The van der Waals surface area contributed by atoms with Gasteiger partial charge in [-0.1, -0.05) is 30.7 Å². The van der Waals surface area contributed by atoms with Crippen LogP contribution in [-0.4, -0.2) is 49.9 Å². The van der Waals surface area contributed by atoms with Gasteiger partial charge in [0.1, 0.15) is 5.82 Å². The van der Waals surface area contributed by atoms with Gasteiger partial charge in [0.05, 0.1) is 11.7 Å². The Kier molecular flexibility index (Phi) is 7.05. The summed E-state index contributed by atoms with van der Waals surface area (Å²) in [5, 5.41) is 5.14. The Hall–Kier alpha value is -2.93. The van der Waals surface area contributed by atoms with Crippen molar-refractivity contribution in [2.24, 2.45) is 0 Å². The molecule has 32 heavy (non-hydrogen) atoms. The molecule has 7 heteroatoms. The molecule has 0 spiro atoms. The van der Waals surface area contributed by atoms with Crippen LogP contribution < -0.4 is 15.5 Å². The van der Waals surface area contributed by atoms with Gasteiger partial charge < -0.3 is 15.5 Å². The van der Waals surface area contributed by atoms with Crippen molar-refractivity contribution in [1.82, 2.24) is 10.2 Å². The zero-order chi connectivity index (χ0) is 22.5. The lowest BCUT2D eigenvalue weighted by Gasteiger charge is -2.36. The smallest absolute Gasteiger partial charge is 0.313 e. The van der Waals surface area contributed by atoms with Crippen molar-refractivity contribution in [3.63, 3.8) is 0 Å². The predicted octanol–water partition coefficient (Wildman–Crippen LogP) is 3.49. The number of rotatable bonds is 5. The monoisotopic (exact) mass is 438 g/mol. The molecule has 0 bridgehead atoms. The van der Waals surface area contributed by atoms with Crippen LogP contribution in [0.4, 0.5) is 15.8 Å². The number of carbonyl (C=O) groups excluding carboxylic acids is 2. The molecule has 1 atom stereocenters. The highest BCUT2D eigenvalue weighted by Gasteiger charge is 2.26. The van der Waals surface area contributed by atoms with E-state index >= 15 is 0 Å². The summed E-state index contributed by atoms with van der Waals surface area (Å²) in [7, 11) is 2.12. The molecule has 2 aliphatic rings. The van der Waals surface area contributed by atoms with E-state index in [1.807, 2.05) is 0 Å². The fourth-order valence-corrected chi connectivity index (χ4v) is 4.71. The van der Waals surface area contributed by atoms with E-state index in [1.54, 1.807) is 6.07 Å². The quantitative estimate of drug-likeness (QED) is 0.702. The number of hydrogen-bond donors (Lipinski definition) is 2. The van der Waals surface area contributed by atoms with Gasteiger partial charge in [-0.2, -0.15) is 0 Å². The average molecular weight is 439 g/mol. The van der Waals surface area contributed by atoms with Gasteiger partial charge in [0.2, 0.25) is 0 Å². The standard InChI is InChI=1S/C25H31FN4O2/c1-29-13-7-8-18-16-19(11-12-22(18)29)23(30-14-5-2-6-15-30)17-27-24(31)25(32)28-21-10-4-3-9-20(21)26/h3-4,9-12,16,23H,2,5-8,13-15,17H2,1H3,(H,27,31)(H,28,32). The molecule has 2 amide bonds. The lowest BCUT2D eigenvalue weighted by Crippen LogP contribution is -2.43. The van der Waals surface area contributed by atoms with Crippen molar-refractivity contribution in [3.05, 3.63) is 59.4 Å². The zero-order valence-electron chi connectivity index (χ0n) is 18.6. The first-order chi connectivity index (χ1) is 15.5. The Morgan fingerprint density at radius 3 is 2.56 bits per heavy atom. The third-order valence-electron chi connectivity index (χ3n) is 6.45. The number of aryl methyl sites for hydroxylation is 1. The van der Waals surface area contributed by atoms with E-state index in [0.717, 1.165) is 50.9 Å². The van der Waals surface area contributed by atoms with Crippen LogP contribution in [0.2, 0.25) is 0 Å². The number of carbonyl (C=O) groups is 2. The molecule has 0 radical (unpaired) electrons. The molecule has 0 aromatic heterocycles. The summed E-state index contributed by atoms with van der Waals surface area (Å²) in [6.45, 7) is 3.34. The van der Waals surface area contributed by atoms with Gasteiger partial charge >= 0.3 is 11.8 Å². The van der Waals surface area contributed by atoms with Gasteiger partial charge in [-0.25, -0.2) is 4.39 Å². The Balaban J connectivity index is 1.47. The number of para-hydroxylation sites is 1. The van der Waals surface area contributed by atoms with Crippen molar-refractivity contribution >= 4 is 23.2 Å². The molecule has 2 aromatic carbocycles. The third-order valence-corrected chi connectivity index (χ3v) is 6.45. The molecule has 1 saturated heterocycles. The Bertz CT molecular complexity index is 974. The van der Waals surface area contributed by atoms with E-state index in [9.17, 15) is 14.0 Å². The maximum absolute atomic E-state index is 13.8. The second-order valence-corrected chi connectivity index (χ2v) is 8.67. The summed E-state index contributed by atoms with van der Waals surface area (Å²) in [5.74, 6) is -2.19. The highest BCUT2D eigenvalue weighted by Crippen LogP contribution is 2.31. The summed E-state index contributed by atoms with van der Waals surface area (Å²) < 4.78 is 13.8. The summed E-state index contributed by atoms with van der Waals surface area (Å²) in [6, 6.07) is 12.4. The summed E-state index contributed by atoms with van der Waals surface area (Å²) in [4.78, 5) is 29.5. The highest BCUT2D eigenvalue weighted by molar-refractivity contribution is 6.39. The van der Waals surface area contributed by atoms with Crippen molar-refractivity contribution in [3.8, 4) is 0 Å². The molecule has 170 valence electrons. The Morgan fingerprint density at radius 2 is 1.78 bits per heavy atom. The van der Waals surface area contributed by atoms with Crippen molar-refractivity contribution in [2.45, 2.75) is 38.1 Å². The minimum atomic E-state index is -0.862. The molecule has 2 aliphatic heterocycles. The molecule has 2 heterocycles. The van der Waals surface area contributed by atoms with Gasteiger partial charge in [-0.05, 0) is 68.1 Å². The van der Waals surface area contributed by atoms with Crippen LogP contribution in [0.5, 0.6) is 0 Å². The second-order valence-electron chi connectivity index (χ2n) is 8.67. The van der Waals surface area contributed by atoms with E-state index in [-0.39, 0.29) is 11.7 Å². The zero-order valence-corrected chi connectivity index (χ0v) is 18.6. The van der Waals surface area contributed by atoms with E-state index in [2.05, 4.69) is 45.7 Å². The molecule has 2 aromatic rings. The number of fused-ring (bicyclic) bond motifs is 1. The number of amides is 2. The number of piperidine rings is 1. The fourth-order valence-electron chi connectivity index (χ4n) is 4.71. The molecule has 2 N–H and O–H groups in total. The average Bonchev–Trinajstić information content (AvgIpc) is 2.81. The lowest BCUT2D eigenvalue weighted by molar-refractivity contribution is -0.136. The van der Waals surface area contributed by atoms with Crippen LogP contribution in [0.25, 0.3) is 0 Å². The number of likely N-dealkylation sites (tertiary alicyclic amines) is 1. The van der Waals surface area contributed by atoms with E-state index in [0.29, 0.717) is 6.54 Å². The van der Waals surface area contributed by atoms with Gasteiger partial charge in [-0.15, -0.1) is 0 Å². The van der Waals surface area contributed by atoms with Crippen LogP contribution in [-0.2, 0) is 16.0 Å². The van der Waals surface area contributed by atoms with Gasteiger partial charge in [-0.3, -0.25) is 14.5 Å². The van der Waals surface area contributed by atoms with Gasteiger partial charge in [0.25, 0.3) is 0 Å². The topological polar surface area (TPSA) is 64.7 Å². The van der Waals surface area contributed by atoms with Crippen molar-refractivity contribution in [1.29, 1.82) is 0 Å². The van der Waals surface area contributed by atoms with Crippen LogP contribution >= 0.6 is 0 Å². The van der Waals surface area contributed by atoms with Crippen LogP contribution in [0.1, 0.15) is 42.9 Å². The number of benzene rings is 2. The first-order valence-electron chi connectivity index (χ1n) is 11.4. The van der Waals surface area contributed by atoms with Crippen molar-refractivity contribution < 1.29 is 14.0 Å². The molecular formula is C25H31FN4O2. The second kappa shape index (κ2) is 10.1. The molecule has 6 nitrogen and oxygen atoms in total. The summed E-state index contributed by atoms with van der Waals surface area (Å²) in [6.07, 6.45) is 5.67. The number of nitrogens with one attached hydrogen (secondary N) is 2. The highest BCUT2D eigenvalue weighted by atomic mass is 19.1. The fraction of sp³-hybridized carbons (Fsp3) is 0.440. The van der Waals surface area contributed by atoms with E-state index in [1.165, 1.54) is 35.9 Å². The lowest BCUT2D eigenvalue weighted by atomic mass is 9.95. The molecule has 1 unspecified atom stereocenters. The minimum Gasteiger partial charge on any atom is -0.374 e. The molecule has 1 fully saturated rings. The first kappa shape index (κ1) is 22.3. The first-order valence-corrected chi connectivity index (χ1v) is 11.4. The molecule has 0 aliphatic carbocycles. The maximum Gasteiger partial charge on any atom is 0.313 e. The predicted molar refractivity (Wildman–Crippen MR) is 124 cm³/mol. The maximum atomic E-state index is 13.8. The molecular weight excluding hydrogens is 407 g/mol. The Morgan fingerprint density at radius 1 is 1.00 bits per heavy atom. The van der Waals surface area contributed by atoms with Gasteiger partial charge in [0.15, 0.2) is 0 Å². The van der Waals surface area contributed by atoms with Crippen LogP contribution in [0, 0.1) is 5.82 Å². The van der Waals surface area contributed by atoms with Crippen LogP contribution in [0.15, 0.2) is 42.5 Å². The number of halogens is 1. The van der Waals surface area contributed by atoms with E-state index < -0.39 is 17.6 Å². The van der Waals surface area contributed by atoms with Crippen LogP contribution in [0.3, 0.4) is 0 Å². The van der Waals surface area contributed by atoms with Gasteiger partial charge in [0, 0.05) is 25.8 Å². The summed E-state index contributed by atoms with van der Waals surface area (Å²) >= 11 is 0. The number of hydrogen-bond acceptors (Lipinski definition) is 4. The van der Waals surface area contributed by atoms with Crippen molar-refractivity contribution in [2.75, 3.05) is 43.4 Å². The summed E-state index contributed by atoms with van der Waals surface area (Å²) in [5.41, 5.74) is 3.77. The molecule has 4 rings (SSSR count).